The number of unbranched alkanes of at least 4 members (excludes halogenated alkanes) is 1. The predicted octanol–water partition coefficient (Wildman–Crippen LogP) is -0.164. The van der Waals surface area contributed by atoms with Gasteiger partial charge in [0.1, 0.15) is 6.04 Å². The zero-order valence-electron chi connectivity index (χ0n) is 7.19. The van der Waals surface area contributed by atoms with E-state index in [2.05, 4.69) is 0 Å². The second kappa shape index (κ2) is 6.24. The number of carbonyl (C=O) groups is 2. The Hall–Kier alpha value is -1.30. The van der Waals surface area contributed by atoms with Crippen LogP contribution in [0.5, 0.6) is 0 Å². The highest BCUT2D eigenvalue weighted by Crippen LogP contribution is 2.00. The first-order valence-electron chi connectivity index (χ1n) is 4.00. The van der Waals surface area contributed by atoms with Gasteiger partial charge in [-0.15, -0.1) is 0 Å². The summed E-state index contributed by atoms with van der Waals surface area (Å²) in [7, 11) is 0. The van der Waals surface area contributed by atoms with E-state index >= 15 is 0 Å². The van der Waals surface area contributed by atoms with Gasteiger partial charge in [-0.25, -0.2) is 9.59 Å². The Morgan fingerprint density at radius 2 is 1.92 bits per heavy atom. The lowest BCUT2D eigenvalue weighted by molar-refractivity contribution is -0.139. The Bertz CT molecular complexity index is 183. The van der Waals surface area contributed by atoms with Gasteiger partial charge in [-0.05, 0) is 25.8 Å². The van der Waals surface area contributed by atoms with E-state index < -0.39 is 18.1 Å². The molecule has 0 fully saturated rings. The quantitative estimate of drug-likeness (QED) is 0.434. The molecule has 0 radical (unpaired) electrons. The van der Waals surface area contributed by atoms with Gasteiger partial charge >= 0.3 is 12.1 Å². The Morgan fingerprint density at radius 3 is 2.31 bits per heavy atom. The number of nitrogens with two attached hydrogens (primary N) is 1. The third kappa shape index (κ3) is 5.92. The van der Waals surface area contributed by atoms with Crippen LogP contribution in [-0.2, 0) is 4.79 Å². The van der Waals surface area contributed by atoms with Gasteiger partial charge in [0.15, 0.2) is 0 Å². The normalized spacial score (nSPS) is 12.1. The van der Waals surface area contributed by atoms with Crippen LogP contribution in [0.1, 0.15) is 19.3 Å². The van der Waals surface area contributed by atoms with E-state index in [1.165, 1.54) is 0 Å². The zero-order chi connectivity index (χ0) is 10.3. The summed E-state index contributed by atoms with van der Waals surface area (Å²) in [6.07, 6.45) is 0.262. The fourth-order valence-electron chi connectivity index (χ4n) is 0.899. The van der Waals surface area contributed by atoms with Crippen LogP contribution in [-0.4, -0.2) is 34.9 Å². The van der Waals surface area contributed by atoms with E-state index in [0.717, 1.165) is 0 Å². The van der Waals surface area contributed by atoms with E-state index in [9.17, 15) is 9.59 Å². The average Bonchev–Trinajstić information content (AvgIpc) is 2.02. The molecule has 0 saturated heterocycles. The molecule has 0 aliphatic rings. The summed E-state index contributed by atoms with van der Waals surface area (Å²) in [4.78, 5) is 20.6. The number of nitrogens with one attached hydrogen (secondary N) is 1. The zero-order valence-corrected chi connectivity index (χ0v) is 7.19. The number of hydrogen-bond acceptors (Lipinski definition) is 3. The maximum atomic E-state index is 10.5. The molecule has 6 nitrogen and oxygen atoms in total. The van der Waals surface area contributed by atoms with Gasteiger partial charge in [0, 0.05) is 0 Å². The third-order valence-corrected chi connectivity index (χ3v) is 1.54. The summed E-state index contributed by atoms with van der Waals surface area (Å²) in [6, 6.07) is -1.02. The van der Waals surface area contributed by atoms with Crippen LogP contribution >= 0.6 is 0 Å². The molecule has 0 aromatic carbocycles. The molecule has 6 heteroatoms. The van der Waals surface area contributed by atoms with Crippen molar-refractivity contribution in [3.8, 4) is 0 Å². The predicted molar refractivity (Wildman–Crippen MR) is 45.5 cm³/mol. The van der Waals surface area contributed by atoms with E-state index in [-0.39, 0.29) is 6.42 Å². The Morgan fingerprint density at radius 1 is 1.31 bits per heavy atom. The maximum absolute atomic E-state index is 10.5. The van der Waals surface area contributed by atoms with Crippen molar-refractivity contribution in [1.29, 1.82) is 0 Å². The van der Waals surface area contributed by atoms with E-state index in [4.69, 9.17) is 15.9 Å². The van der Waals surface area contributed by atoms with Gasteiger partial charge in [-0.2, -0.15) is 0 Å². The van der Waals surface area contributed by atoms with Crippen molar-refractivity contribution in [3.05, 3.63) is 0 Å². The van der Waals surface area contributed by atoms with Crippen molar-refractivity contribution in [2.75, 3.05) is 6.54 Å². The third-order valence-electron chi connectivity index (χ3n) is 1.54. The molecule has 13 heavy (non-hydrogen) atoms. The van der Waals surface area contributed by atoms with Gasteiger partial charge in [-0.3, -0.25) is 0 Å². The molecule has 0 unspecified atom stereocenters. The highest BCUT2D eigenvalue weighted by molar-refractivity contribution is 5.78. The first kappa shape index (κ1) is 11.7. The summed E-state index contributed by atoms with van der Waals surface area (Å²) in [5.41, 5.74) is 5.21. The standard InChI is InChI=1S/C7H14N2O4/c8-4-2-1-3-5(6(10)11)9-7(12)13/h5,9H,1-4,8H2,(H,10,11)(H,12,13)/t5-/m1/s1. The van der Waals surface area contributed by atoms with Crippen LogP contribution in [0.3, 0.4) is 0 Å². The molecule has 0 heterocycles. The lowest BCUT2D eigenvalue weighted by atomic mass is 10.1. The smallest absolute Gasteiger partial charge is 0.405 e. The van der Waals surface area contributed by atoms with Crippen LogP contribution in [0.4, 0.5) is 4.79 Å². The van der Waals surface area contributed by atoms with Crippen molar-refractivity contribution < 1.29 is 19.8 Å². The van der Waals surface area contributed by atoms with Crippen molar-refractivity contribution >= 4 is 12.1 Å². The summed E-state index contributed by atoms with van der Waals surface area (Å²) in [6.45, 7) is 0.486. The molecule has 0 aromatic rings. The monoisotopic (exact) mass is 190 g/mol. The molecule has 1 amide bonds. The Kier molecular flexibility index (Phi) is 5.62. The highest BCUT2D eigenvalue weighted by Gasteiger charge is 2.18. The second-order valence-electron chi connectivity index (χ2n) is 2.62. The van der Waals surface area contributed by atoms with Crippen LogP contribution < -0.4 is 11.1 Å². The molecular formula is C7H14N2O4. The summed E-state index contributed by atoms with van der Waals surface area (Å²) in [5, 5.41) is 18.8. The number of aliphatic carboxylic acids is 1. The van der Waals surface area contributed by atoms with Crippen LogP contribution in [0.25, 0.3) is 0 Å². The largest absolute Gasteiger partial charge is 0.480 e. The minimum atomic E-state index is -1.32. The summed E-state index contributed by atoms with van der Waals surface area (Å²) < 4.78 is 0. The molecule has 5 N–H and O–H groups in total. The van der Waals surface area contributed by atoms with Gasteiger partial charge in [0.2, 0.25) is 0 Å². The summed E-state index contributed by atoms with van der Waals surface area (Å²) >= 11 is 0. The Labute approximate surface area is 75.7 Å². The fourth-order valence-corrected chi connectivity index (χ4v) is 0.899. The van der Waals surface area contributed by atoms with Crippen molar-refractivity contribution in [2.24, 2.45) is 5.73 Å². The lowest BCUT2D eigenvalue weighted by Gasteiger charge is -2.10. The summed E-state index contributed by atoms with van der Waals surface area (Å²) in [5.74, 6) is -1.15. The highest BCUT2D eigenvalue weighted by atomic mass is 16.4. The molecule has 0 saturated carbocycles. The fraction of sp³-hybridized carbons (Fsp3) is 0.714. The molecular weight excluding hydrogens is 176 g/mol. The van der Waals surface area contributed by atoms with E-state index in [1.807, 2.05) is 5.32 Å². The number of hydrogen-bond donors (Lipinski definition) is 4. The van der Waals surface area contributed by atoms with Gasteiger partial charge in [0.05, 0.1) is 0 Å². The number of amides is 1. The molecule has 76 valence electrons. The van der Waals surface area contributed by atoms with Crippen LogP contribution in [0.2, 0.25) is 0 Å². The first-order chi connectivity index (χ1) is 6.07. The molecule has 0 aromatic heterocycles. The van der Waals surface area contributed by atoms with E-state index in [1.54, 1.807) is 0 Å². The molecule has 0 aliphatic heterocycles. The molecule has 0 rings (SSSR count). The maximum Gasteiger partial charge on any atom is 0.405 e. The second-order valence-corrected chi connectivity index (χ2v) is 2.62. The molecule has 1 atom stereocenters. The van der Waals surface area contributed by atoms with Crippen molar-refractivity contribution in [2.45, 2.75) is 25.3 Å². The number of carboxylic acids is 1. The molecule has 0 bridgehead atoms. The molecule has 0 aliphatic carbocycles. The van der Waals surface area contributed by atoms with Crippen LogP contribution in [0.15, 0.2) is 0 Å². The van der Waals surface area contributed by atoms with Crippen molar-refractivity contribution in [1.82, 2.24) is 5.32 Å². The molecule has 0 spiro atoms. The van der Waals surface area contributed by atoms with E-state index in [0.29, 0.717) is 19.4 Å². The SMILES string of the molecule is NCCCC[C@@H](NC(=O)O)C(=O)O. The van der Waals surface area contributed by atoms with Crippen LogP contribution in [0, 0.1) is 0 Å². The minimum absolute atomic E-state index is 0.277. The number of carboxylic acid groups (broad SMARTS) is 2. The van der Waals surface area contributed by atoms with Crippen molar-refractivity contribution in [3.63, 3.8) is 0 Å². The average molecular weight is 190 g/mol. The number of rotatable bonds is 6. The lowest BCUT2D eigenvalue weighted by Crippen LogP contribution is -2.39. The first-order valence-corrected chi connectivity index (χ1v) is 4.00. The van der Waals surface area contributed by atoms with Gasteiger partial charge in [0.25, 0.3) is 0 Å². The van der Waals surface area contributed by atoms with Gasteiger partial charge in [-0.1, -0.05) is 0 Å². The minimum Gasteiger partial charge on any atom is -0.480 e. The van der Waals surface area contributed by atoms with Gasteiger partial charge < -0.3 is 21.3 Å². The topological polar surface area (TPSA) is 113 Å². The Balaban J connectivity index is 3.81.